The first-order valence-corrected chi connectivity index (χ1v) is 5.52. The number of nitrogens with one attached hydrogen (secondary N) is 1. The quantitative estimate of drug-likeness (QED) is 0.767. The average molecular weight is 224 g/mol. The van der Waals surface area contributed by atoms with Gasteiger partial charge in [0.05, 0.1) is 12.6 Å². The molecule has 0 spiro atoms. The number of anilines is 2. The lowest BCUT2D eigenvalue weighted by Crippen LogP contribution is -2.25. The average Bonchev–Trinajstić information content (AvgIpc) is 2.16. The predicted octanol–water partition coefficient (Wildman–Crippen LogP) is 1.59. The normalized spacial score (nSPS) is 12.4. The Bertz CT molecular complexity index is 304. The highest BCUT2D eigenvalue weighted by Gasteiger charge is 2.08. The number of aromatic nitrogens is 2. The fourth-order valence-corrected chi connectivity index (χ4v) is 1.62. The number of nitrogens with zero attached hydrogens (tertiary/aromatic N) is 2. The molecule has 5 nitrogen and oxygen atoms in total. The van der Waals surface area contributed by atoms with Crippen LogP contribution in [0.4, 0.5) is 11.6 Å². The number of aryl methyl sites for hydroxylation is 1. The summed E-state index contributed by atoms with van der Waals surface area (Å²) >= 11 is 0. The Kier molecular flexibility index (Phi) is 4.98. The zero-order valence-electron chi connectivity index (χ0n) is 10.2. The monoisotopic (exact) mass is 224 g/mol. The van der Waals surface area contributed by atoms with Crippen LogP contribution in [0.25, 0.3) is 0 Å². The lowest BCUT2D eigenvalue weighted by atomic mass is 10.2. The van der Waals surface area contributed by atoms with Crippen LogP contribution < -0.4 is 11.1 Å². The summed E-state index contributed by atoms with van der Waals surface area (Å²) in [7, 11) is 1.70. The maximum atomic E-state index is 5.66. The smallest absolute Gasteiger partial charge is 0.132 e. The second-order valence-corrected chi connectivity index (χ2v) is 3.81. The molecule has 0 bridgehead atoms. The van der Waals surface area contributed by atoms with Gasteiger partial charge in [-0.2, -0.15) is 0 Å². The van der Waals surface area contributed by atoms with Crippen molar-refractivity contribution in [2.24, 2.45) is 0 Å². The molecule has 1 aromatic heterocycles. The molecule has 0 aliphatic carbocycles. The van der Waals surface area contributed by atoms with Crippen molar-refractivity contribution in [3.63, 3.8) is 0 Å². The van der Waals surface area contributed by atoms with Crippen molar-refractivity contribution in [1.29, 1.82) is 0 Å². The van der Waals surface area contributed by atoms with Crippen molar-refractivity contribution < 1.29 is 4.74 Å². The molecule has 0 radical (unpaired) electrons. The molecule has 1 rings (SSSR count). The van der Waals surface area contributed by atoms with Crippen LogP contribution in [-0.4, -0.2) is 29.7 Å². The Morgan fingerprint density at radius 2 is 2.25 bits per heavy atom. The third-order valence-electron chi connectivity index (χ3n) is 2.21. The van der Waals surface area contributed by atoms with Crippen molar-refractivity contribution >= 4 is 11.6 Å². The fraction of sp³-hybridized carbons (Fsp3) is 0.636. The molecule has 0 aromatic carbocycles. The lowest BCUT2D eigenvalue weighted by molar-refractivity contribution is 0.182. The highest BCUT2D eigenvalue weighted by atomic mass is 16.5. The molecule has 1 heterocycles. The van der Waals surface area contributed by atoms with Crippen LogP contribution in [0.15, 0.2) is 6.07 Å². The molecule has 1 atom stereocenters. The van der Waals surface area contributed by atoms with E-state index < -0.39 is 0 Å². The first kappa shape index (κ1) is 12.7. The SMILES string of the molecule is CCCC(COC)Nc1cc(N)nc(C)n1. The van der Waals surface area contributed by atoms with E-state index in [9.17, 15) is 0 Å². The summed E-state index contributed by atoms with van der Waals surface area (Å²) < 4.78 is 5.15. The topological polar surface area (TPSA) is 73.1 Å². The summed E-state index contributed by atoms with van der Waals surface area (Å²) in [6.07, 6.45) is 2.14. The Morgan fingerprint density at radius 3 is 2.81 bits per heavy atom. The third kappa shape index (κ3) is 4.02. The molecule has 5 heteroatoms. The van der Waals surface area contributed by atoms with Crippen molar-refractivity contribution in [2.75, 3.05) is 24.8 Å². The molecule has 0 aliphatic heterocycles. The molecular formula is C11H20N4O. The number of ether oxygens (including phenoxy) is 1. The van der Waals surface area contributed by atoms with E-state index in [0.717, 1.165) is 18.7 Å². The van der Waals surface area contributed by atoms with E-state index in [1.54, 1.807) is 13.2 Å². The van der Waals surface area contributed by atoms with Crippen LogP contribution in [0.2, 0.25) is 0 Å². The van der Waals surface area contributed by atoms with Gasteiger partial charge < -0.3 is 15.8 Å². The molecule has 1 unspecified atom stereocenters. The predicted molar refractivity (Wildman–Crippen MR) is 65.4 cm³/mol. The zero-order valence-corrected chi connectivity index (χ0v) is 10.2. The van der Waals surface area contributed by atoms with Gasteiger partial charge in [-0.25, -0.2) is 9.97 Å². The van der Waals surface area contributed by atoms with E-state index in [1.807, 2.05) is 6.92 Å². The molecule has 1 aromatic rings. The third-order valence-corrected chi connectivity index (χ3v) is 2.21. The molecule has 0 amide bonds. The van der Waals surface area contributed by atoms with Crippen LogP contribution in [-0.2, 0) is 4.74 Å². The Labute approximate surface area is 96.4 Å². The number of nitrogen functional groups attached to an aromatic ring is 1. The van der Waals surface area contributed by atoms with Crippen molar-refractivity contribution in [1.82, 2.24) is 9.97 Å². The maximum Gasteiger partial charge on any atom is 0.132 e. The summed E-state index contributed by atoms with van der Waals surface area (Å²) in [5.74, 6) is 1.93. The molecular weight excluding hydrogens is 204 g/mol. The van der Waals surface area contributed by atoms with Crippen LogP contribution in [0.5, 0.6) is 0 Å². The molecule has 0 saturated heterocycles. The highest BCUT2D eigenvalue weighted by Crippen LogP contribution is 2.11. The summed E-state index contributed by atoms with van der Waals surface area (Å²) in [5.41, 5.74) is 5.66. The number of rotatable bonds is 6. The van der Waals surface area contributed by atoms with E-state index in [4.69, 9.17) is 10.5 Å². The summed E-state index contributed by atoms with van der Waals surface area (Å²) in [4.78, 5) is 8.31. The van der Waals surface area contributed by atoms with Gasteiger partial charge in [0.25, 0.3) is 0 Å². The lowest BCUT2D eigenvalue weighted by Gasteiger charge is -2.18. The molecule has 0 fully saturated rings. The zero-order chi connectivity index (χ0) is 12.0. The Hall–Kier alpha value is -1.36. The summed E-state index contributed by atoms with van der Waals surface area (Å²) in [5, 5.41) is 3.31. The first-order chi connectivity index (χ1) is 7.65. The number of hydrogen-bond donors (Lipinski definition) is 2. The van der Waals surface area contributed by atoms with Crippen LogP contribution in [0.3, 0.4) is 0 Å². The number of nitrogens with two attached hydrogens (primary N) is 1. The maximum absolute atomic E-state index is 5.66. The van der Waals surface area contributed by atoms with Gasteiger partial charge >= 0.3 is 0 Å². The van der Waals surface area contributed by atoms with E-state index in [-0.39, 0.29) is 6.04 Å². The van der Waals surface area contributed by atoms with E-state index in [1.165, 1.54) is 0 Å². The van der Waals surface area contributed by atoms with Gasteiger partial charge in [0.1, 0.15) is 17.5 Å². The van der Waals surface area contributed by atoms with Crippen molar-refractivity contribution in [2.45, 2.75) is 32.7 Å². The molecule has 90 valence electrons. The molecule has 0 aliphatic rings. The second-order valence-electron chi connectivity index (χ2n) is 3.81. The Morgan fingerprint density at radius 1 is 1.50 bits per heavy atom. The largest absolute Gasteiger partial charge is 0.384 e. The van der Waals surface area contributed by atoms with E-state index >= 15 is 0 Å². The van der Waals surface area contributed by atoms with Gasteiger partial charge in [0.15, 0.2) is 0 Å². The fourth-order valence-electron chi connectivity index (χ4n) is 1.62. The standard InChI is InChI=1S/C11H20N4O/c1-4-5-9(7-16-3)15-11-6-10(12)13-8(2)14-11/h6,9H,4-5,7H2,1-3H3,(H3,12,13,14,15). The van der Waals surface area contributed by atoms with Gasteiger partial charge in [0, 0.05) is 13.2 Å². The number of methoxy groups -OCH3 is 1. The highest BCUT2D eigenvalue weighted by molar-refractivity contribution is 5.45. The molecule has 16 heavy (non-hydrogen) atoms. The second kappa shape index (κ2) is 6.27. The van der Waals surface area contributed by atoms with Gasteiger partial charge in [-0.3, -0.25) is 0 Å². The minimum atomic E-state index is 0.267. The van der Waals surface area contributed by atoms with Crippen molar-refractivity contribution in [3.8, 4) is 0 Å². The van der Waals surface area contributed by atoms with Crippen LogP contribution in [0, 0.1) is 6.92 Å². The first-order valence-electron chi connectivity index (χ1n) is 5.52. The van der Waals surface area contributed by atoms with Crippen LogP contribution >= 0.6 is 0 Å². The van der Waals surface area contributed by atoms with Crippen LogP contribution in [0.1, 0.15) is 25.6 Å². The Balaban J connectivity index is 2.68. The minimum Gasteiger partial charge on any atom is -0.384 e. The van der Waals surface area contributed by atoms with Gasteiger partial charge in [-0.05, 0) is 13.3 Å². The van der Waals surface area contributed by atoms with Crippen molar-refractivity contribution in [3.05, 3.63) is 11.9 Å². The summed E-state index contributed by atoms with van der Waals surface area (Å²) in [6.45, 7) is 4.63. The van der Waals surface area contributed by atoms with E-state index in [2.05, 4.69) is 22.2 Å². The van der Waals surface area contributed by atoms with E-state index in [0.29, 0.717) is 18.2 Å². The van der Waals surface area contributed by atoms with Gasteiger partial charge in [-0.1, -0.05) is 13.3 Å². The number of hydrogen-bond acceptors (Lipinski definition) is 5. The molecule has 0 saturated carbocycles. The van der Waals surface area contributed by atoms with Gasteiger partial charge in [-0.15, -0.1) is 0 Å². The summed E-state index contributed by atoms with van der Waals surface area (Å²) in [6, 6.07) is 2.01. The van der Waals surface area contributed by atoms with Gasteiger partial charge in [0.2, 0.25) is 0 Å². The molecule has 3 N–H and O–H groups in total. The minimum absolute atomic E-state index is 0.267.